The van der Waals surface area contributed by atoms with Crippen LogP contribution in [0.3, 0.4) is 0 Å². The van der Waals surface area contributed by atoms with Crippen LogP contribution in [0.2, 0.25) is 0 Å². The zero-order chi connectivity index (χ0) is 21.1. The molecule has 0 spiro atoms. The molecular formula is C27H40BrOP. The number of halogens is 1. The molecule has 4 saturated carbocycles. The third-order valence-corrected chi connectivity index (χ3v) is 15.5. The van der Waals surface area contributed by atoms with Gasteiger partial charge in [0.15, 0.2) is 0 Å². The third kappa shape index (κ3) is 3.34. The van der Waals surface area contributed by atoms with Crippen LogP contribution in [0, 0.1) is 29.6 Å². The molecule has 0 N–H and O–H groups in total. The van der Waals surface area contributed by atoms with Crippen LogP contribution in [-0.2, 0) is 4.57 Å². The monoisotopic (exact) mass is 490 g/mol. The van der Waals surface area contributed by atoms with Crippen molar-refractivity contribution in [1.82, 2.24) is 0 Å². The van der Waals surface area contributed by atoms with Gasteiger partial charge in [0.25, 0.3) is 0 Å². The summed E-state index contributed by atoms with van der Waals surface area (Å²) >= 11 is 3.89. The Kier molecular flexibility index (Phi) is 5.63. The molecule has 1 nitrogen and oxygen atoms in total. The van der Waals surface area contributed by atoms with E-state index < -0.39 is 7.14 Å². The first-order valence-corrected chi connectivity index (χ1v) is 15.1. The van der Waals surface area contributed by atoms with Crippen molar-refractivity contribution >= 4 is 28.4 Å². The maximum Gasteiger partial charge on any atom is 0.128 e. The Morgan fingerprint density at radius 1 is 0.900 bits per heavy atom. The minimum Gasteiger partial charge on any atom is -0.317 e. The predicted octanol–water partition coefficient (Wildman–Crippen LogP) is 8.40. The van der Waals surface area contributed by atoms with E-state index in [9.17, 15) is 0 Å². The van der Waals surface area contributed by atoms with Crippen LogP contribution in [-0.4, -0.2) is 10.3 Å². The molecule has 166 valence electrons. The molecule has 0 aliphatic heterocycles. The predicted molar refractivity (Wildman–Crippen MR) is 132 cm³/mol. The molecule has 4 bridgehead atoms. The van der Waals surface area contributed by atoms with Gasteiger partial charge in [-0.25, -0.2) is 0 Å². The van der Waals surface area contributed by atoms with Gasteiger partial charge in [0, 0.05) is 20.1 Å². The normalized spacial score (nSPS) is 45.5. The Labute approximate surface area is 192 Å². The number of rotatable bonds is 3. The molecule has 1 aromatic rings. The molecular weight excluding hydrogens is 451 g/mol. The van der Waals surface area contributed by atoms with Crippen molar-refractivity contribution in [3.63, 3.8) is 0 Å². The van der Waals surface area contributed by atoms with Crippen LogP contribution in [0.15, 0.2) is 28.7 Å². The Hall–Kier alpha value is -0.0700. The molecule has 4 aliphatic rings. The first kappa shape index (κ1) is 21.8. The zero-order valence-electron chi connectivity index (χ0n) is 19.2. The van der Waals surface area contributed by atoms with Crippen molar-refractivity contribution in [2.75, 3.05) is 0 Å². The highest BCUT2D eigenvalue weighted by Gasteiger charge is 2.63. The second-order valence-electron chi connectivity index (χ2n) is 12.2. The fourth-order valence-corrected chi connectivity index (χ4v) is 15.7. The second-order valence-corrected chi connectivity index (χ2v) is 16.8. The van der Waals surface area contributed by atoms with Gasteiger partial charge in [-0.2, -0.15) is 0 Å². The minimum atomic E-state index is -2.65. The lowest BCUT2D eigenvalue weighted by atomic mass is 9.65. The van der Waals surface area contributed by atoms with Gasteiger partial charge < -0.3 is 4.57 Å². The molecule has 1 aromatic carbocycles. The number of hydrogen-bond donors (Lipinski definition) is 0. The van der Waals surface area contributed by atoms with E-state index >= 15 is 4.57 Å². The van der Waals surface area contributed by atoms with Gasteiger partial charge >= 0.3 is 0 Å². The van der Waals surface area contributed by atoms with Gasteiger partial charge in [-0.05, 0) is 93.4 Å². The molecule has 0 radical (unpaired) electrons. The van der Waals surface area contributed by atoms with E-state index in [1.165, 1.54) is 75.9 Å². The SMILES string of the molecule is CC1CC2CC(C1)CC(C)(P(=O)(c1ccccc1Br)C13CCCC(CC(C)C1)C3)C2. The minimum absolute atomic E-state index is 0.0312. The summed E-state index contributed by atoms with van der Waals surface area (Å²) in [6, 6.07) is 8.63. The quantitative estimate of drug-likeness (QED) is 0.388. The lowest BCUT2D eigenvalue weighted by Crippen LogP contribution is -2.52. The van der Waals surface area contributed by atoms with Crippen molar-refractivity contribution in [1.29, 1.82) is 0 Å². The molecule has 6 unspecified atom stereocenters. The summed E-state index contributed by atoms with van der Waals surface area (Å²) in [5.41, 5.74) is 0. The van der Waals surface area contributed by atoms with Crippen molar-refractivity contribution < 1.29 is 4.57 Å². The summed E-state index contributed by atoms with van der Waals surface area (Å²) in [5, 5.41) is 1.18. The molecule has 30 heavy (non-hydrogen) atoms. The van der Waals surface area contributed by atoms with Gasteiger partial charge in [-0.1, -0.05) is 67.7 Å². The van der Waals surface area contributed by atoms with E-state index in [-0.39, 0.29) is 10.3 Å². The van der Waals surface area contributed by atoms with Crippen LogP contribution >= 0.6 is 23.1 Å². The largest absolute Gasteiger partial charge is 0.317 e. The third-order valence-electron chi connectivity index (χ3n) is 9.60. The number of benzene rings is 1. The maximum absolute atomic E-state index is 16.0. The van der Waals surface area contributed by atoms with E-state index in [0.29, 0.717) is 5.92 Å². The Morgan fingerprint density at radius 3 is 2.27 bits per heavy atom. The summed E-state index contributed by atoms with van der Waals surface area (Å²) in [4.78, 5) is 0. The number of fused-ring (bicyclic) bond motifs is 4. The first-order valence-electron chi connectivity index (χ1n) is 12.6. The van der Waals surface area contributed by atoms with Crippen LogP contribution in [0.5, 0.6) is 0 Å². The molecule has 3 heteroatoms. The van der Waals surface area contributed by atoms with E-state index in [2.05, 4.69) is 61.0 Å². The van der Waals surface area contributed by atoms with Crippen molar-refractivity contribution in [2.45, 2.75) is 102 Å². The smallest absolute Gasteiger partial charge is 0.128 e. The van der Waals surface area contributed by atoms with E-state index in [4.69, 9.17) is 0 Å². The van der Waals surface area contributed by atoms with Crippen molar-refractivity contribution in [3.05, 3.63) is 28.7 Å². The van der Waals surface area contributed by atoms with Gasteiger partial charge in [0.1, 0.15) is 7.14 Å². The fraction of sp³-hybridized carbons (Fsp3) is 0.778. The highest BCUT2D eigenvalue weighted by atomic mass is 79.9. The topological polar surface area (TPSA) is 17.1 Å². The summed E-state index contributed by atoms with van der Waals surface area (Å²) < 4.78 is 17.1. The molecule has 0 heterocycles. The lowest BCUT2D eigenvalue weighted by Gasteiger charge is -2.59. The first-order chi connectivity index (χ1) is 14.2. The molecule has 5 rings (SSSR count). The van der Waals surface area contributed by atoms with Gasteiger partial charge in [-0.3, -0.25) is 0 Å². The van der Waals surface area contributed by atoms with E-state index in [1.54, 1.807) is 0 Å². The maximum atomic E-state index is 16.0. The Balaban J connectivity index is 1.67. The van der Waals surface area contributed by atoms with Crippen molar-refractivity contribution in [2.24, 2.45) is 29.6 Å². The van der Waals surface area contributed by atoms with Crippen LogP contribution < -0.4 is 5.30 Å². The lowest BCUT2D eigenvalue weighted by molar-refractivity contribution is 0.113. The van der Waals surface area contributed by atoms with Gasteiger partial charge in [0.2, 0.25) is 0 Å². The van der Waals surface area contributed by atoms with Crippen LogP contribution in [0.4, 0.5) is 0 Å². The molecule has 4 aliphatic carbocycles. The molecule has 0 saturated heterocycles. The summed E-state index contributed by atoms with van der Waals surface area (Å²) in [6.07, 6.45) is 14.1. The van der Waals surface area contributed by atoms with E-state index in [0.717, 1.165) is 28.1 Å². The summed E-state index contributed by atoms with van der Waals surface area (Å²) in [6.45, 7) is 7.36. The highest BCUT2D eigenvalue weighted by Crippen LogP contribution is 2.78. The van der Waals surface area contributed by atoms with Gasteiger partial charge in [0.05, 0.1) is 0 Å². The molecule has 0 amide bonds. The summed E-state index contributed by atoms with van der Waals surface area (Å²) in [7, 11) is -2.65. The molecule has 4 fully saturated rings. The van der Waals surface area contributed by atoms with Crippen LogP contribution in [0.1, 0.15) is 91.4 Å². The van der Waals surface area contributed by atoms with Gasteiger partial charge in [-0.15, -0.1) is 0 Å². The average molecular weight is 491 g/mol. The number of hydrogen-bond acceptors (Lipinski definition) is 1. The highest BCUT2D eigenvalue weighted by molar-refractivity contribution is 9.10. The zero-order valence-corrected chi connectivity index (χ0v) is 21.7. The van der Waals surface area contributed by atoms with E-state index in [1.807, 2.05) is 0 Å². The Bertz CT molecular complexity index is 827. The van der Waals surface area contributed by atoms with Crippen molar-refractivity contribution in [3.8, 4) is 0 Å². The fourth-order valence-electron chi connectivity index (χ4n) is 9.21. The molecule has 6 atom stereocenters. The Morgan fingerprint density at radius 2 is 1.57 bits per heavy atom. The molecule has 0 aromatic heterocycles. The average Bonchev–Trinajstić information content (AvgIpc) is 2.66. The summed E-state index contributed by atoms with van der Waals surface area (Å²) in [5.74, 6) is 3.93. The standard InChI is InChI=1S/C27H40BrOP/c1-19-11-22-14-23(12-19)17-26(3,16-22)30(29,25-9-5-4-8-24(25)28)27-10-6-7-21(18-27)13-20(2)15-27/h4-5,8-9,19-23H,6-7,10-18H2,1-3H3. The van der Waals surface area contributed by atoms with Crippen LogP contribution in [0.25, 0.3) is 0 Å². The second kappa shape index (κ2) is 7.76.